The molecule has 0 unspecified atom stereocenters. The lowest BCUT2D eigenvalue weighted by Gasteiger charge is -2.09. The first kappa shape index (κ1) is 13.9. The van der Waals surface area contributed by atoms with Crippen molar-refractivity contribution >= 4 is 11.4 Å². The summed E-state index contributed by atoms with van der Waals surface area (Å²) in [6, 6.07) is 7.20. The van der Waals surface area contributed by atoms with E-state index in [1.807, 2.05) is 0 Å². The van der Waals surface area contributed by atoms with Crippen molar-refractivity contribution in [3.63, 3.8) is 0 Å². The summed E-state index contributed by atoms with van der Waals surface area (Å²) in [4.78, 5) is 9.92. The van der Waals surface area contributed by atoms with Crippen LogP contribution in [0.2, 0.25) is 0 Å². The number of anilines is 1. The molecule has 0 amide bonds. The summed E-state index contributed by atoms with van der Waals surface area (Å²) in [5.41, 5.74) is -1.02. The van der Waals surface area contributed by atoms with Gasteiger partial charge in [0.25, 0.3) is 5.69 Å². The van der Waals surface area contributed by atoms with Gasteiger partial charge in [-0.15, -0.1) is 0 Å². The summed E-state index contributed by atoms with van der Waals surface area (Å²) in [7, 11) is 0. The Labute approximate surface area is 112 Å². The van der Waals surface area contributed by atoms with E-state index in [2.05, 4.69) is 5.32 Å². The van der Waals surface area contributed by atoms with Crippen LogP contribution in [0.15, 0.2) is 36.4 Å². The van der Waals surface area contributed by atoms with Crippen LogP contribution in [0.25, 0.3) is 0 Å². The van der Waals surface area contributed by atoms with Gasteiger partial charge in [0.05, 0.1) is 4.92 Å². The van der Waals surface area contributed by atoms with Gasteiger partial charge in [-0.2, -0.15) is 0 Å². The predicted molar refractivity (Wildman–Crippen MR) is 66.7 cm³/mol. The fourth-order valence-corrected chi connectivity index (χ4v) is 1.69. The summed E-state index contributed by atoms with van der Waals surface area (Å²) in [5.74, 6) is -3.12. The van der Waals surface area contributed by atoms with Gasteiger partial charge in [-0.05, 0) is 12.1 Å². The Kier molecular flexibility index (Phi) is 3.88. The van der Waals surface area contributed by atoms with E-state index in [9.17, 15) is 23.3 Å². The lowest BCUT2D eigenvalue weighted by atomic mass is 10.2. The average molecular weight is 282 g/mol. The van der Waals surface area contributed by atoms with Crippen molar-refractivity contribution in [1.29, 1.82) is 0 Å². The molecule has 0 aliphatic rings. The number of halogens is 3. The topological polar surface area (TPSA) is 55.2 Å². The van der Waals surface area contributed by atoms with Gasteiger partial charge in [-0.1, -0.05) is 18.2 Å². The second kappa shape index (κ2) is 5.60. The molecule has 104 valence electrons. The van der Waals surface area contributed by atoms with Gasteiger partial charge in [0.2, 0.25) is 0 Å². The molecule has 1 N–H and O–H groups in total. The van der Waals surface area contributed by atoms with Crippen LogP contribution >= 0.6 is 0 Å². The van der Waals surface area contributed by atoms with E-state index >= 15 is 0 Å². The molecule has 0 radical (unpaired) electrons. The van der Waals surface area contributed by atoms with Gasteiger partial charge in [-0.25, -0.2) is 13.2 Å². The highest BCUT2D eigenvalue weighted by Gasteiger charge is 2.21. The summed E-state index contributed by atoms with van der Waals surface area (Å²) in [5, 5.41) is 13.1. The monoisotopic (exact) mass is 282 g/mol. The Morgan fingerprint density at radius 3 is 2.40 bits per heavy atom. The molecular formula is C13H9F3N2O2. The third kappa shape index (κ3) is 2.71. The number of benzene rings is 2. The van der Waals surface area contributed by atoms with Crippen LogP contribution in [0.4, 0.5) is 24.5 Å². The fourth-order valence-electron chi connectivity index (χ4n) is 1.69. The van der Waals surface area contributed by atoms with Crippen molar-refractivity contribution in [2.75, 3.05) is 5.32 Å². The van der Waals surface area contributed by atoms with Crippen LogP contribution < -0.4 is 5.32 Å². The lowest BCUT2D eigenvalue weighted by Crippen LogP contribution is -2.07. The van der Waals surface area contributed by atoms with Gasteiger partial charge in [0.15, 0.2) is 17.3 Å². The maximum absolute atomic E-state index is 13.6. The van der Waals surface area contributed by atoms with E-state index in [4.69, 9.17) is 0 Å². The zero-order chi connectivity index (χ0) is 14.7. The Hall–Kier alpha value is -2.57. The smallest absolute Gasteiger partial charge is 0.295 e. The van der Waals surface area contributed by atoms with Gasteiger partial charge in [-0.3, -0.25) is 10.1 Å². The molecule has 0 saturated carbocycles. The second-order valence-corrected chi connectivity index (χ2v) is 3.96. The fraction of sp³-hybridized carbons (Fsp3) is 0.0769. The molecule has 0 aromatic heterocycles. The Bertz CT molecular complexity index is 662. The number of hydrogen-bond acceptors (Lipinski definition) is 3. The van der Waals surface area contributed by atoms with Gasteiger partial charge in [0.1, 0.15) is 5.82 Å². The van der Waals surface area contributed by atoms with Crippen LogP contribution in [0.1, 0.15) is 5.56 Å². The van der Waals surface area contributed by atoms with Crippen molar-refractivity contribution in [3.05, 3.63) is 69.5 Å². The maximum atomic E-state index is 13.6. The quantitative estimate of drug-likeness (QED) is 0.688. The van der Waals surface area contributed by atoms with Crippen LogP contribution in [0.5, 0.6) is 0 Å². The Morgan fingerprint density at radius 2 is 1.75 bits per heavy atom. The van der Waals surface area contributed by atoms with E-state index in [0.717, 1.165) is 6.07 Å². The molecule has 20 heavy (non-hydrogen) atoms. The Balaban J connectivity index is 2.31. The molecular weight excluding hydrogens is 273 g/mol. The van der Waals surface area contributed by atoms with E-state index < -0.39 is 33.7 Å². The first-order valence-corrected chi connectivity index (χ1v) is 5.60. The molecule has 0 atom stereocenters. The number of nitrogens with one attached hydrogen (secondary N) is 1. The van der Waals surface area contributed by atoms with Crippen LogP contribution in [0.3, 0.4) is 0 Å². The minimum absolute atomic E-state index is 0.186. The minimum atomic E-state index is -1.37. The van der Waals surface area contributed by atoms with Gasteiger partial charge in [0, 0.05) is 18.2 Å². The highest BCUT2D eigenvalue weighted by Crippen LogP contribution is 2.29. The van der Waals surface area contributed by atoms with Crippen molar-refractivity contribution in [2.24, 2.45) is 0 Å². The minimum Gasteiger partial charge on any atom is -0.373 e. The zero-order valence-electron chi connectivity index (χ0n) is 10.1. The van der Waals surface area contributed by atoms with Gasteiger partial charge >= 0.3 is 0 Å². The molecule has 2 aromatic rings. The van der Waals surface area contributed by atoms with E-state index in [-0.39, 0.29) is 12.1 Å². The van der Waals surface area contributed by atoms with Crippen molar-refractivity contribution in [2.45, 2.75) is 6.54 Å². The van der Waals surface area contributed by atoms with Crippen molar-refractivity contribution in [3.8, 4) is 0 Å². The average Bonchev–Trinajstić information content (AvgIpc) is 2.41. The van der Waals surface area contributed by atoms with E-state index in [1.54, 1.807) is 6.07 Å². The molecule has 0 fully saturated rings. The summed E-state index contributed by atoms with van der Waals surface area (Å²) in [6.07, 6.45) is 0. The number of rotatable bonds is 4. The second-order valence-electron chi connectivity index (χ2n) is 3.96. The SMILES string of the molecule is O=[N+]([O-])c1ccc(F)c(F)c1NCc1ccccc1F. The number of nitro groups is 1. The largest absolute Gasteiger partial charge is 0.373 e. The highest BCUT2D eigenvalue weighted by molar-refractivity contribution is 5.62. The third-order valence-corrected chi connectivity index (χ3v) is 2.68. The number of nitrogens with zero attached hydrogens (tertiary/aromatic N) is 1. The molecule has 0 aliphatic carbocycles. The van der Waals surface area contributed by atoms with E-state index in [0.29, 0.717) is 6.07 Å². The number of hydrogen-bond donors (Lipinski definition) is 1. The normalized spacial score (nSPS) is 10.3. The lowest BCUT2D eigenvalue weighted by molar-refractivity contribution is -0.384. The molecule has 7 heteroatoms. The van der Waals surface area contributed by atoms with Crippen molar-refractivity contribution < 1.29 is 18.1 Å². The third-order valence-electron chi connectivity index (χ3n) is 2.68. The molecule has 0 saturated heterocycles. The molecule has 0 spiro atoms. The maximum Gasteiger partial charge on any atom is 0.295 e. The number of nitro benzene ring substituents is 1. The molecule has 2 rings (SSSR count). The Morgan fingerprint density at radius 1 is 1.05 bits per heavy atom. The van der Waals surface area contributed by atoms with E-state index in [1.165, 1.54) is 18.2 Å². The molecule has 0 bridgehead atoms. The van der Waals surface area contributed by atoms with Crippen LogP contribution in [-0.4, -0.2) is 4.92 Å². The van der Waals surface area contributed by atoms with Crippen LogP contribution in [0, 0.1) is 27.6 Å². The highest BCUT2D eigenvalue weighted by atomic mass is 19.2. The zero-order valence-corrected chi connectivity index (χ0v) is 10.1. The first-order chi connectivity index (χ1) is 9.50. The molecule has 2 aromatic carbocycles. The molecule has 4 nitrogen and oxygen atoms in total. The summed E-state index contributed by atoms with van der Waals surface area (Å²) >= 11 is 0. The standard InChI is InChI=1S/C13H9F3N2O2/c14-9-4-2-1-3-8(9)7-17-13-11(18(19)20)6-5-10(15)12(13)16/h1-6,17H,7H2. The predicted octanol–water partition coefficient (Wildman–Crippen LogP) is 3.62. The first-order valence-electron chi connectivity index (χ1n) is 5.60. The molecule has 0 aliphatic heterocycles. The van der Waals surface area contributed by atoms with Crippen molar-refractivity contribution in [1.82, 2.24) is 0 Å². The summed E-state index contributed by atoms with van der Waals surface area (Å²) in [6.45, 7) is -0.201. The summed E-state index contributed by atoms with van der Waals surface area (Å²) < 4.78 is 40.1. The van der Waals surface area contributed by atoms with Crippen LogP contribution in [-0.2, 0) is 6.54 Å². The molecule has 0 heterocycles. The van der Waals surface area contributed by atoms with Gasteiger partial charge < -0.3 is 5.32 Å².